The largest absolute Gasteiger partial charge is 0.394 e. The lowest BCUT2D eigenvalue weighted by molar-refractivity contribution is -0.124. The van der Waals surface area contributed by atoms with Gasteiger partial charge in [0.1, 0.15) is 0 Å². The highest BCUT2D eigenvalue weighted by Gasteiger charge is 2.20. The molecule has 0 rings (SSSR count). The first-order chi connectivity index (χ1) is 22.0. The number of unbranched alkanes of at least 4 members (excludes halogenated alkanes) is 21. The highest BCUT2D eigenvalue weighted by Crippen LogP contribution is 2.15. The summed E-state index contributed by atoms with van der Waals surface area (Å²) in [7, 11) is 0. The van der Waals surface area contributed by atoms with Gasteiger partial charge in [0.05, 0.1) is 31.3 Å². The van der Waals surface area contributed by atoms with E-state index in [9.17, 15) is 20.1 Å². The maximum Gasteiger partial charge on any atom is 0.222 e. The van der Waals surface area contributed by atoms with Crippen LogP contribution in [0.25, 0.3) is 0 Å². The molecule has 0 saturated carbocycles. The standard InChI is InChI=1S/C40H75NO4/c1-3-5-7-9-11-13-15-17-18-19-20-22-23-25-27-29-31-33-37(43)35-40(45)41-38(36-42)39(44)34-32-30-28-26-24-21-16-14-12-10-8-6-4-2/h12,14,24,26,32,34,37-39,42-44H,3-11,13,15-23,25,27-31,33,35-36H2,1-2H3,(H,41,45)/b14-12+,26-24+,34-32+. The van der Waals surface area contributed by atoms with Crippen LogP contribution in [0.4, 0.5) is 0 Å². The molecule has 5 nitrogen and oxygen atoms in total. The van der Waals surface area contributed by atoms with Gasteiger partial charge in [-0.2, -0.15) is 0 Å². The van der Waals surface area contributed by atoms with E-state index >= 15 is 0 Å². The first-order valence-electron chi connectivity index (χ1n) is 19.3. The fraction of sp³-hybridized carbons (Fsp3) is 0.825. The zero-order chi connectivity index (χ0) is 33.1. The number of hydrogen-bond donors (Lipinski definition) is 4. The Balaban J connectivity index is 3.75. The second-order valence-electron chi connectivity index (χ2n) is 13.2. The number of amides is 1. The summed E-state index contributed by atoms with van der Waals surface area (Å²) in [5.41, 5.74) is 0. The van der Waals surface area contributed by atoms with Gasteiger partial charge in [0, 0.05) is 0 Å². The van der Waals surface area contributed by atoms with Gasteiger partial charge in [-0.05, 0) is 44.9 Å². The smallest absolute Gasteiger partial charge is 0.222 e. The predicted molar refractivity (Wildman–Crippen MR) is 194 cm³/mol. The fourth-order valence-electron chi connectivity index (χ4n) is 5.66. The number of carbonyl (C=O) groups excluding carboxylic acids is 1. The van der Waals surface area contributed by atoms with Crippen molar-refractivity contribution in [3.05, 3.63) is 36.5 Å². The van der Waals surface area contributed by atoms with Crippen LogP contribution in [0, 0.1) is 0 Å². The monoisotopic (exact) mass is 634 g/mol. The summed E-state index contributed by atoms with van der Waals surface area (Å²) < 4.78 is 0. The first kappa shape index (κ1) is 43.6. The summed E-state index contributed by atoms with van der Waals surface area (Å²) in [6.45, 7) is 4.15. The Morgan fingerprint density at radius 2 is 0.956 bits per heavy atom. The minimum Gasteiger partial charge on any atom is -0.394 e. The molecule has 0 aromatic carbocycles. The van der Waals surface area contributed by atoms with Gasteiger partial charge in [0.25, 0.3) is 0 Å². The van der Waals surface area contributed by atoms with Crippen molar-refractivity contribution in [2.75, 3.05) is 6.61 Å². The van der Waals surface area contributed by atoms with Crippen molar-refractivity contribution >= 4 is 5.91 Å². The van der Waals surface area contributed by atoms with Crippen LogP contribution in [-0.4, -0.2) is 46.1 Å². The number of nitrogens with one attached hydrogen (secondary N) is 1. The van der Waals surface area contributed by atoms with Crippen molar-refractivity contribution in [3.8, 4) is 0 Å². The van der Waals surface area contributed by atoms with E-state index in [2.05, 4.69) is 43.5 Å². The van der Waals surface area contributed by atoms with Gasteiger partial charge in [-0.3, -0.25) is 4.79 Å². The van der Waals surface area contributed by atoms with E-state index < -0.39 is 18.2 Å². The summed E-state index contributed by atoms with van der Waals surface area (Å²) in [4.78, 5) is 12.4. The molecule has 5 heteroatoms. The Hall–Kier alpha value is -1.43. The van der Waals surface area contributed by atoms with E-state index in [-0.39, 0.29) is 18.9 Å². The van der Waals surface area contributed by atoms with Crippen LogP contribution in [-0.2, 0) is 4.79 Å². The number of rotatable bonds is 34. The van der Waals surface area contributed by atoms with Crippen molar-refractivity contribution in [2.24, 2.45) is 0 Å². The van der Waals surface area contributed by atoms with Gasteiger partial charge in [-0.15, -0.1) is 0 Å². The number of hydrogen-bond acceptors (Lipinski definition) is 4. The third kappa shape index (κ3) is 32.3. The van der Waals surface area contributed by atoms with Gasteiger partial charge in [0.15, 0.2) is 0 Å². The van der Waals surface area contributed by atoms with Crippen LogP contribution in [0.1, 0.15) is 187 Å². The van der Waals surface area contributed by atoms with E-state index in [1.54, 1.807) is 6.08 Å². The second-order valence-corrected chi connectivity index (χ2v) is 13.2. The van der Waals surface area contributed by atoms with Crippen LogP contribution in [0.5, 0.6) is 0 Å². The van der Waals surface area contributed by atoms with Crippen LogP contribution in [0.2, 0.25) is 0 Å². The molecule has 0 aliphatic carbocycles. The number of allylic oxidation sites excluding steroid dienone is 5. The van der Waals surface area contributed by atoms with Crippen molar-refractivity contribution in [2.45, 2.75) is 205 Å². The molecule has 0 spiro atoms. The minimum absolute atomic E-state index is 0.00448. The lowest BCUT2D eigenvalue weighted by Crippen LogP contribution is -2.45. The lowest BCUT2D eigenvalue weighted by Gasteiger charge is -2.21. The van der Waals surface area contributed by atoms with E-state index in [4.69, 9.17) is 0 Å². The predicted octanol–water partition coefficient (Wildman–Crippen LogP) is 10.4. The third-order valence-corrected chi connectivity index (χ3v) is 8.66. The Bertz CT molecular complexity index is 704. The molecule has 264 valence electrons. The van der Waals surface area contributed by atoms with Crippen molar-refractivity contribution in [3.63, 3.8) is 0 Å². The van der Waals surface area contributed by atoms with E-state index in [1.807, 2.05) is 6.08 Å². The van der Waals surface area contributed by atoms with Gasteiger partial charge in [0.2, 0.25) is 5.91 Å². The lowest BCUT2D eigenvalue weighted by atomic mass is 10.0. The van der Waals surface area contributed by atoms with E-state index in [0.717, 1.165) is 38.5 Å². The molecule has 0 saturated heterocycles. The average molecular weight is 634 g/mol. The number of aliphatic hydroxyl groups is 3. The zero-order valence-electron chi connectivity index (χ0n) is 29.7. The minimum atomic E-state index is -0.956. The highest BCUT2D eigenvalue weighted by atomic mass is 16.3. The van der Waals surface area contributed by atoms with Crippen molar-refractivity contribution in [1.82, 2.24) is 5.32 Å². The molecule has 0 aliphatic rings. The molecule has 0 bridgehead atoms. The summed E-state index contributed by atoms with van der Waals surface area (Å²) in [6.07, 6.45) is 42.7. The average Bonchev–Trinajstić information content (AvgIpc) is 3.03. The SMILES string of the molecule is CCCCC/C=C/CC/C=C/CC/C=C/C(O)C(CO)NC(=O)CC(O)CCCCCCCCCCCCCCCCCCC. The molecular weight excluding hydrogens is 558 g/mol. The molecule has 1 amide bonds. The van der Waals surface area contributed by atoms with Gasteiger partial charge in [-0.1, -0.05) is 172 Å². The van der Waals surface area contributed by atoms with Gasteiger partial charge in [-0.25, -0.2) is 0 Å². The molecular formula is C40H75NO4. The van der Waals surface area contributed by atoms with Gasteiger partial charge < -0.3 is 20.6 Å². The molecule has 4 N–H and O–H groups in total. The first-order valence-corrected chi connectivity index (χ1v) is 19.3. The molecule has 0 heterocycles. The van der Waals surface area contributed by atoms with E-state index in [0.29, 0.717) is 6.42 Å². The Labute approximate surface area is 279 Å². The highest BCUT2D eigenvalue weighted by molar-refractivity contribution is 5.76. The Kier molecular flexibility index (Phi) is 34.3. The molecule has 0 fully saturated rings. The van der Waals surface area contributed by atoms with Crippen LogP contribution >= 0.6 is 0 Å². The topological polar surface area (TPSA) is 89.8 Å². The molecule has 0 aromatic rings. The fourth-order valence-corrected chi connectivity index (χ4v) is 5.66. The zero-order valence-corrected chi connectivity index (χ0v) is 29.7. The Morgan fingerprint density at radius 1 is 0.556 bits per heavy atom. The third-order valence-electron chi connectivity index (χ3n) is 8.66. The molecule has 45 heavy (non-hydrogen) atoms. The van der Waals surface area contributed by atoms with Crippen molar-refractivity contribution < 1.29 is 20.1 Å². The number of aliphatic hydroxyl groups excluding tert-OH is 3. The van der Waals surface area contributed by atoms with E-state index in [1.165, 1.54) is 122 Å². The summed E-state index contributed by atoms with van der Waals surface area (Å²) in [5, 5.41) is 33.0. The quantitative estimate of drug-likeness (QED) is 0.0419. The maximum absolute atomic E-state index is 12.4. The van der Waals surface area contributed by atoms with Crippen LogP contribution < -0.4 is 5.32 Å². The summed E-state index contributed by atoms with van der Waals surface area (Å²) >= 11 is 0. The molecule has 3 unspecified atom stereocenters. The maximum atomic E-state index is 12.4. The number of carbonyl (C=O) groups is 1. The molecule has 0 aliphatic heterocycles. The van der Waals surface area contributed by atoms with Crippen molar-refractivity contribution in [1.29, 1.82) is 0 Å². The summed E-state index contributed by atoms with van der Waals surface area (Å²) in [6, 6.07) is -0.763. The molecule has 0 radical (unpaired) electrons. The van der Waals surface area contributed by atoms with Crippen LogP contribution in [0.15, 0.2) is 36.5 Å². The summed E-state index contributed by atoms with van der Waals surface area (Å²) in [5.74, 6) is -0.330. The second kappa shape index (κ2) is 35.4. The van der Waals surface area contributed by atoms with Gasteiger partial charge >= 0.3 is 0 Å². The molecule has 0 aromatic heterocycles. The van der Waals surface area contributed by atoms with Crippen LogP contribution in [0.3, 0.4) is 0 Å². The Morgan fingerprint density at radius 3 is 1.42 bits per heavy atom. The normalized spacial score (nSPS) is 14.2. The molecule has 3 atom stereocenters.